The molecule has 0 heterocycles. The molecule has 0 rings (SSSR count). The van der Waals surface area contributed by atoms with E-state index < -0.39 is 15.5 Å². The highest BCUT2D eigenvalue weighted by Gasteiger charge is 2.24. The molecule has 158 valence electrons. The summed E-state index contributed by atoms with van der Waals surface area (Å²) in [6, 6.07) is 0. The first-order valence-electron chi connectivity index (χ1n) is 8.29. The van der Waals surface area contributed by atoms with Crippen molar-refractivity contribution in [3.05, 3.63) is 0 Å². The van der Waals surface area contributed by atoms with E-state index in [-0.39, 0.29) is 24.0 Å². The fourth-order valence-electron chi connectivity index (χ4n) is 1.70. The van der Waals surface area contributed by atoms with E-state index in [0.717, 1.165) is 0 Å². The van der Waals surface area contributed by atoms with Crippen molar-refractivity contribution in [1.82, 2.24) is 0 Å². The van der Waals surface area contributed by atoms with E-state index in [4.69, 9.17) is 39.3 Å². The number of ether oxygens (including phenoxy) is 2. The van der Waals surface area contributed by atoms with Crippen LogP contribution < -0.4 is 11.0 Å². The third-order valence-electron chi connectivity index (χ3n) is 3.50. The van der Waals surface area contributed by atoms with Gasteiger partial charge in [-0.1, -0.05) is 27.7 Å². The molecule has 10 nitrogen and oxygen atoms in total. The smallest absolute Gasteiger partial charge is 0.379 e. The first-order chi connectivity index (χ1) is 11.6. The third kappa shape index (κ3) is 17.5. The van der Waals surface area contributed by atoms with Gasteiger partial charge in [0.05, 0.1) is 26.4 Å². The van der Waals surface area contributed by atoms with Crippen molar-refractivity contribution in [2.75, 3.05) is 39.6 Å². The summed E-state index contributed by atoms with van der Waals surface area (Å²) in [7, 11) is -7.91. The Morgan fingerprint density at radius 1 is 0.731 bits per heavy atom. The molecule has 0 fully saturated rings. The van der Waals surface area contributed by atoms with E-state index in [0.29, 0.717) is 39.3 Å². The number of nitrogens with two attached hydrogens (primary N) is 2. The van der Waals surface area contributed by atoms with Crippen LogP contribution in [0.15, 0.2) is 0 Å². The van der Waals surface area contributed by atoms with Gasteiger partial charge in [0.25, 0.3) is 0 Å². The first kappa shape index (κ1) is 26.1. The SMILES string of the molecule is CC(C)(CCOCCOCCC(C)(C)COP(N)(=O)O)COP(N)(=O)O. The summed E-state index contributed by atoms with van der Waals surface area (Å²) in [6.45, 7) is 9.44. The van der Waals surface area contributed by atoms with Gasteiger partial charge in [-0.15, -0.1) is 0 Å². The minimum Gasteiger partial charge on any atom is -0.379 e. The number of hydrogen-bond acceptors (Lipinski definition) is 6. The van der Waals surface area contributed by atoms with Gasteiger partial charge >= 0.3 is 15.5 Å². The van der Waals surface area contributed by atoms with E-state index in [9.17, 15) is 9.13 Å². The van der Waals surface area contributed by atoms with Crippen LogP contribution >= 0.6 is 15.5 Å². The minimum atomic E-state index is -3.95. The molecule has 0 aliphatic rings. The van der Waals surface area contributed by atoms with E-state index in [1.165, 1.54) is 0 Å². The average molecular weight is 420 g/mol. The van der Waals surface area contributed by atoms with Gasteiger partial charge < -0.3 is 19.3 Å². The van der Waals surface area contributed by atoms with E-state index >= 15 is 0 Å². The second-order valence-corrected chi connectivity index (χ2v) is 10.5. The molecular weight excluding hydrogens is 386 g/mol. The lowest BCUT2D eigenvalue weighted by molar-refractivity contribution is 0.0196. The Morgan fingerprint density at radius 2 is 1.04 bits per heavy atom. The van der Waals surface area contributed by atoms with Gasteiger partial charge in [-0.05, 0) is 23.7 Å². The summed E-state index contributed by atoms with van der Waals surface area (Å²) in [4.78, 5) is 17.9. The minimum absolute atomic E-state index is 0.0673. The lowest BCUT2D eigenvalue weighted by Crippen LogP contribution is -2.23. The van der Waals surface area contributed by atoms with E-state index in [1.807, 2.05) is 27.7 Å². The van der Waals surface area contributed by atoms with Crippen molar-refractivity contribution in [2.45, 2.75) is 40.5 Å². The lowest BCUT2D eigenvalue weighted by atomic mass is 9.91. The molecule has 0 spiro atoms. The second kappa shape index (κ2) is 11.2. The highest BCUT2D eigenvalue weighted by Crippen LogP contribution is 2.36. The van der Waals surface area contributed by atoms with Gasteiger partial charge in [0, 0.05) is 13.2 Å². The standard InChI is InChI=1S/C14H34N2O8P2/c1-13(2,11-23-25(15,17)18)5-7-21-9-10-22-8-6-14(3,4)12-24-26(16,19)20/h5-12H2,1-4H3,(H3,15,17,18)(H3,16,19,20). The summed E-state index contributed by atoms with van der Waals surface area (Å²) in [5, 5.41) is 0. The van der Waals surface area contributed by atoms with Crippen molar-refractivity contribution in [2.24, 2.45) is 21.8 Å². The molecule has 6 N–H and O–H groups in total. The molecule has 0 bridgehead atoms. The van der Waals surface area contributed by atoms with Gasteiger partial charge in [0.2, 0.25) is 0 Å². The fraction of sp³-hybridized carbons (Fsp3) is 1.00. The predicted molar refractivity (Wildman–Crippen MR) is 98.4 cm³/mol. The molecule has 0 amide bonds. The molecule has 0 aromatic heterocycles. The molecule has 2 atom stereocenters. The summed E-state index contributed by atoms with van der Waals surface area (Å²) >= 11 is 0. The Hall–Kier alpha value is 0.140. The molecule has 12 heteroatoms. The summed E-state index contributed by atoms with van der Waals surface area (Å²) in [6.07, 6.45) is 1.27. The second-order valence-electron chi connectivity index (χ2n) is 7.73. The van der Waals surface area contributed by atoms with Gasteiger partial charge in [0.1, 0.15) is 0 Å². The van der Waals surface area contributed by atoms with Crippen molar-refractivity contribution in [3.63, 3.8) is 0 Å². The normalized spacial score (nSPS) is 17.7. The summed E-state index contributed by atoms with van der Waals surface area (Å²) < 4.78 is 42.3. The zero-order chi connectivity index (χ0) is 20.5. The molecule has 26 heavy (non-hydrogen) atoms. The number of hydrogen-bond donors (Lipinski definition) is 4. The molecule has 0 saturated carbocycles. The van der Waals surface area contributed by atoms with Crippen LogP contribution in [0, 0.1) is 10.8 Å². The lowest BCUT2D eigenvalue weighted by Gasteiger charge is -2.25. The average Bonchev–Trinajstić information content (AvgIpc) is 2.45. The first-order valence-corrected chi connectivity index (χ1v) is 11.6. The van der Waals surface area contributed by atoms with Crippen molar-refractivity contribution in [1.29, 1.82) is 0 Å². The van der Waals surface area contributed by atoms with Crippen LogP contribution in [0.2, 0.25) is 0 Å². The molecule has 0 aliphatic heterocycles. The summed E-state index contributed by atoms with van der Waals surface area (Å²) in [5.41, 5.74) is 9.20. The van der Waals surface area contributed by atoms with Crippen LogP contribution in [0.5, 0.6) is 0 Å². The fourth-order valence-corrected chi connectivity index (χ4v) is 2.77. The zero-order valence-electron chi connectivity index (χ0n) is 16.0. The van der Waals surface area contributed by atoms with Crippen LogP contribution in [0.3, 0.4) is 0 Å². The van der Waals surface area contributed by atoms with Crippen LogP contribution in [0.1, 0.15) is 40.5 Å². The molecule has 0 radical (unpaired) electrons. The Balaban J connectivity index is 3.72. The Labute approximate surface area is 155 Å². The van der Waals surface area contributed by atoms with Gasteiger partial charge in [-0.25, -0.2) is 20.1 Å². The third-order valence-corrected chi connectivity index (χ3v) is 4.50. The Kier molecular flexibility index (Phi) is 11.3. The molecule has 0 aliphatic carbocycles. The molecule has 0 aromatic rings. The molecule has 0 saturated heterocycles. The summed E-state index contributed by atoms with van der Waals surface area (Å²) in [5.74, 6) is 0. The monoisotopic (exact) mass is 420 g/mol. The van der Waals surface area contributed by atoms with E-state index in [2.05, 4.69) is 0 Å². The molecular formula is C14H34N2O8P2. The Morgan fingerprint density at radius 3 is 1.31 bits per heavy atom. The highest BCUT2D eigenvalue weighted by molar-refractivity contribution is 7.50. The largest absolute Gasteiger partial charge is 0.400 e. The van der Waals surface area contributed by atoms with Crippen LogP contribution in [-0.2, 0) is 27.7 Å². The number of rotatable bonds is 15. The van der Waals surface area contributed by atoms with Crippen molar-refractivity contribution >= 4 is 15.5 Å². The maximum atomic E-state index is 10.9. The van der Waals surface area contributed by atoms with Crippen molar-refractivity contribution < 1.29 is 37.4 Å². The highest BCUT2D eigenvalue weighted by atomic mass is 31.2. The molecule has 0 aromatic carbocycles. The van der Waals surface area contributed by atoms with Crippen molar-refractivity contribution in [3.8, 4) is 0 Å². The topological polar surface area (TPSA) is 164 Å². The van der Waals surface area contributed by atoms with Gasteiger partial charge in [-0.3, -0.25) is 9.05 Å². The quantitative estimate of drug-likeness (QED) is 0.227. The van der Waals surface area contributed by atoms with E-state index in [1.54, 1.807) is 0 Å². The predicted octanol–water partition coefficient (Wildman–Crippen LogP) is 2.00. The zero-order valence-corrected chi connectivity index (χ0v) is 17.8. The van der Waals surface area contributed by atoms with Crippen LogP contribution in [0.4, 0.5) is 0 Å². The van der Waals surface area contributed by atoms with Gasteiger partial charge in [0.15, 0.2) is 0 Å². The van der Waals surface area contributed by atoms with Crippen LogP contribution in [0.25, 0.3) is 0 Å². The maximum absolute atomic E-state index is 10.9. The van der Waals surface area contributed by atoms with Gasteiger partial charge in [-0.2, -0.15) is 0 Å². The maximum Gasteiger partial charge on any atom is 0.400 e. The Bertz CT molecular complexity index is 445. The molecule has 2 unspecified atom stereocenters. The van der Waals surface area contributed by atoms with Crippen LogP contribution in [-0.4, -0.2) is 49.4 Å².